The molecule has 16 heavy (non-hydrogen) atoms. The van der Waals surface area contributed by atoms with E-state index in [9.17, 15) is 4.79 Å². The summed E-state index contributed by atoms with van der Waals surface area (Å²) in [5.41, 5.74) is 1.93. The van der Waals surface area contributed by atoms with Crippen LogP contribution in [0.3, 0.4) is 0 Å². The average Bonchev–Trinajstić information content (AvgIpc) is 2.39. The molecule has 0 aromatic heterocycles. The van der Waals surface area contributed by atoms with E-state index in [1.54, 1.807) is 0 Å². The first-order chi connectivity index (χ1) is 7.83. The predicted octanol–water partition coefficient (Wildman–Crippen LogP) is 3.21. The number of likely N-dealkylation sites (tertiary alicyclic amines) is 1. The second kappa shape index (κ2) is 5.48. The highest BCUT2D eigenvalue weighted by Crippen LogP contribution is 2.17. The zero-order chi connectivity index (χ0) is 11.4. The number of nitrogens with zero attached hydrogens (tertiary/aromatic N) is 1. The molecular formula is C13H16BrNO. The zero-order valence-corrected chi connectivity index (χ0v) is 10.9. The van der Waals surface area contributed by atoms with Gasteiger partial charge in [0.05, 0.1) is 0 Å². The van der Waals surface area contributed by atoms with Crippen LogP contribution in [0.15, 0.2) is 24.3 Å². The van der Waals surface area contributed by atoms with Gasteiger partial charge in [0.15, 0.2) is 0 Å². The normalized spacial score (nSPS) is 16.2. The molecule has 1 fully saturated rings. The van der Waals surface area contributed by atoms with Gasteiger partial charge in [0.1, 0.15) is 0 Å². The first kappa shape index (κ1) is 11.6. The van der Waals surface area contributed by atoms with Gasteiger partial charge in [-0.25, -0.2) is 0 Å². The Balaban J connectivity index is 2.19. The van der Waals surface area contributed by atoms with E-state index in [4.69, 9.17) is 0 Å². The largest absolute Gasteiger partial charge is 0.339 e. The number of benzene rings is 1. The second-order valence-electron chi connectivity index (χ2n) is 4.14. The molecule has 0 bridgehead atoms. The average molecular weight is 282 g/mol. The Hall–Kier alpha value is -0.830. The third-order valence-corrected chi connectivity index (χ3v) is 3.64. The first-order valence-electron chi connectivity index (χ1n) is 5.76. The van der Waals surface area contributed by atoms with Gasteiger partial charge in [0.25, 0.3) is 5.91 Å². The van der Waals surface area contributed by atoms with Gasteiger partial charge in [-0.3, -0.25) is 4.79 Å². The summed E-state index contributed by atoms with van der Waals surface area (Å²) in [5, 5.41) is 0.739. The van der Waals surface area contributed by atoms with Crippen molar-refractivity contribution >= 4 is 21.8 Å². The maximum Gasteiger partial charge on any atom is 0.254 e. The van der Waals surface area contributed by atoms with Crippen LogP contribution in [0, 0.1) is 0 Å². The van der Waals surface area contributed by atoms with Crippen LogP contribution >= 0.6 is 15.9 Å². The lowest BCUT2D eigenvalue weighted by Crippen LogP contribution is -2.36. The first-order valence-corrected chi connectivity index (χ1v) is 6.88. The van der Waals surface area contributed by atoms with E-state index in [0.29, 0.717) is 0 Å². The van der Waals surface area contributed by atoms with Crippen molar-refractivity contribution in [3.8, 4) is 0 Å². The number of piperidine rings is 1. The van der Waals surface area contributed by atoms with Crippen LogP contribution in [-0.4, -0.2) is 23.9 Å². The number of halogens is 1. The third-order valence-electron chi connectivity index (χ3n) is 3.04. The summed E-state index contributed by atoms with van der Waals surface area (Å²) in [4.78, 5) is 14.3. The minimum absolute atomic E-state index is 0.190. The highest BCUT2D eigenvalue weighted by atomic mass is 79.9. The molecule has 1 saturated heterocycles. The Morgan fingerprint density at radius 1 is 1.19 bits per heavy atom. The Morgan fingerprint density at radius 2 is 1.88 bits per heavy atom. The quantitative estimate of drug-likeness (QED) is 0.763. The number of amides is 1. The predicted molar refractivity (Wildman–Crippen MR) is 68.8 cm³/mol. The minimum atomic E-state index is 0.190. The van der Waals surface area contributed by atoms with Crippen LogP contribution in [0.1, 0.15) is 35.2 Å². The number of carbonyl (C=O) groups is 1. The van der Waals surface area contributed by atoms with Crippen LogP contribution < -0.4 is 0 Å². The smallest absolute Gasteiger partial charge is 0.254 e. The number of hydrogen-bond donors (Lipinski definition) is 0. The van der Waals surface area contributed by atoms with Gasteiger partial charge < -0.3 is 4.90 Å². The van der Waals surface area contributed by atoms with Crippen LogP contribution in [0.25, 0.3) is 0 Å². The monoisotopic (exact) mass is 281 g/mol. The summed E-state index contributed by atoms with van der Waals surface area (Å²) in [6.45, 7) is 1.82. The molecule has 0 aliphatic carbocycles. The van der Waals surface area contributed by atoms with E-state index in [2.05, 4.69) is 15.9 Å². The fraction of sp³-hybridized carbons (Fsp3) is 0.462. The molecule has 1 heterocycles. The summed E-state index contributed by atoms with van der Waals surface area (Å²) >= 11 is 3.43. The van der Waals surface area contributed by atoms with Crippen LogP contribution in [0.4, 0.5) is 0 Å². The molecule has 1 aromatic carbocycles. The van der Waals surface area contributed by atoms with Crippen LogP contribution in [0.5, 0.6) is 0 Å². The van der Waals surface area contributed by atoms with Gasteiger partial charge in [-0.1, -0.05) is 34.1 Å². The summed E-state index contributed by atoms with van der Waals surface area (Å²) in [6, 6.07) is 7.84. The molecule has 2 nitrogen and oxygen atoms in total. The molecule has 86 valence electrons. The Labute approximate surface area is 105 Å². The lowest BCUT2D eigenvalue weighted by molar-refractivity contribution is 0.0723. The number of rotatable bonds is 2. The maximum absolute atomic E-state index is 12.3. The van der Waals surface area contributed by atoms with Crippen molar-refractivity contribution in [3.63, 3.8) is 0 Å². The van der Waals surface area contributed by atoms with Gasteiger partial charge in [0, 0.05) is 24.0 Å². The number of alkyl halides is 1. The highest BCUT2D eigenvalue weighted by molar-refractivity contribution is 9.08. The molecule has 0 unspecified atom stereocenters. The summed E-state index contributed by atoms with van der Waals surface area (Å²) in [6.07, 6.45) is 3.54. The molecular weight excluding hydrogens is 266 g/mol. The van der Waals surface area contributed by atoms with Crippen molar-refractivity contribution in [1.29, 1.82) is 0 Å². The van der Waals surface area contributed by atoms with Crippen molar-refractivity contribution in [3.05, 3.63) is 35.4 Å². The fourth-order valence-electron chi connectivity index (χ4n) is 2.11. The van der Waals surface area contributed by atoms with Gasteiger partial charge in [-0.05, 0) is 30.9 Å². The van der Waals surface area contributed by atoms with Gasteiger partial charge >= 0.3 is 0 Å². The van der Waals surface area contributed by atoms with Crippen molar-refractivity contribution < 1.29 is 4.79 Å². The number of hydrogen-bond acceptors (Lipinski definition) is 1. The van der Waals surface area contributed by atoms with Crippen molar-refractivity contribution in [2.45, 2.75) is 24.6 Å². The van der Waals surface area contributed by atoms with E-state index in [1.165, 1.54) is 6.42 Å². The summed E-state index contributed by atoms with van der Waals surface area (Å²) < 4.78 is 0. The third kappa shape index (κ3) is 2.46. The van der Waals surface area contributed by atoms with Crippen molar-refractivity contribution in [2.24, 2.45) is 0 Å². The van der Waals surface area contributed by atoms with Gasteiger partial charge in [0.2, 0.25) is 0 Å². The van der Waals surface area contributed by atoms with E-state index in [-0.39, 0.29) is 5.91 Å². The SMILES string of the molecule is O=C(c1ccccc1CBr)N1CCCCC1. The molecule has 0 N–H and O–H groups in total. The standard InChI is InChI=1S/C13H16BrNO/c14-10-11-6-2-3-7-12(11)13(16)15-8-4-1-5-9-15/h2-3,6-7H,1,4-5,8-10H2. The number of carbonyl (C=O) groups excluding carboxylic acids is 1. The summed E-state index contributed by atoms with van der Waals surface area (Å²) in [7, 11) is 0. The molecule has 1 aromatic rings. The highest BCUT2D eigenvalue weighted by Gasteiger charge is 2.19. The fourth-order valence-corrected chi connectivity index (χ4v) is 2.60. The maximum atomic E-state index is 12.3. The molecule has 0 radical (unpaired) electrons. The van der Waals surface area contributed by atoms with Gasteiger partial charge in [-0.2, -0.15) is 0 Å². The Morgan fingerprint density at radius 3 is 2.56 bits per heavy atom. The van der Waals surface area contributed by atoms with Crippen molar-refractivity contribution in [2.75, 3.05) is 13.1 Å². The second-order valence-corrected chi connectivity index (χ2v) is 4.70. The molecule has 1 amide bonds. The van der Waals surface area contributed by atoms with Crippen molar-refractivity contribution in [1.82, 2.24) is 4.90 Å². The van der Waals surface area contributed by atoms with Crippen LogP contribution in [0.2, 0.25) is 0 Å². The van der Waals surface area contributed by atoms with Crippen LogP contribution in [-0.2, 0) is 5.33 Å². The van der Waals surface area contributed by atoms with Gasteiger partial charge in [-0.15, -0.1) is 0 Å². The topological polar surface area (TPSA) is 20.3 Å². The van der Waals surface area contributed by atoms with E-state index < -0.39 is 0 Å². The lowest BCUT2D eigenvalue weighted by Gasteiger charge is -2.27. The Kier molecular flexibility index (Phi) is 3.99. The molecule has 0 saturated carbocycles. The molecule has 2 rings (SSSR count). The molecule has 3 heteroatoms. The van der Waals surface area contributed by atoms with E-state index >= 15 is 0 Å². The zero-order valence-electron chi connectivity index (χ0n) is 9.29. The molecule has 1 aliphatic rings. The lowest BCUT2D eigenvalue weighted by atomic mass is 10.1. The molecule has 0 atom stereocenters. The van der Waals surface area contributed by atoms with E-state index in [0.717, 1.165) is 42.4 Å². The molecule has 0 spiro atoms. The van der Waals surface area contributed by atoms with E-state index in [1.807, 2.05) is 29.2 Å². The minimum Gasteiger partial charge on any atom is -0.339 e. The molecule has 1 aliphatic heterocycles. The summed E-state index contributed by atoms with van der Waals surface area (Å²) in [5.74, 6) is 0.190. The Bertz CT molecular complexity index is 372.